The van der Waals surface area contributed by atoms with Gasteiger partial charge < -0.3 is 19.4 Å². The maximum Gasteiger partial charge on any atom is 0.265 e. The fourth-order valence-corrected chi connectivity index (χ4v) is 5.45. The van der Waals surface area contributed by atoms with E-state index in [9.17, 15) is 15.0 Å². The van der Waals surface area contributed by atoms with Crippen LogP contribution in [0.1, 0.15) is 37.0 Å². The standard InChI is InChI=1S/C26H23ClFN5O4/c1-14-20(10-33-19-5-3-4-17(27)23(19)37-11-22(33)34)32-9-16(18(28)6-21(32)31-14)15-7-29-24(30-8-15)26(36)12-25(2,35)13-26/h3-9,35-36H,10-13H2,1-2H3/t25-,26+. The van der Waals surface area contributed by atoms with Gasteiger partial charge in [-0.15, -0.1) is 0 Å². The Morgan fingerprint density at radius 3 is 2.65 bits per heavy atom. The lowest BCUT2D eigenvalue weighted by Crippen LogP contribution is -2.53. The summed E-state index contributed by atoms with van der Waals surface area (Å²) in [4.78, 5) is 27.4. The summed E-state index contributed by atoms with van der Waals surface area (Å²) in [5.74, 6) is -0.117. The Morgan fingerprint density at radius 1 is 1.22 bits per heavy atom. The Balaban J connectivity index is 1.37. The predicted octanol–water partition coefficient (Wildman–Crippen LogP) is 3.55. The van der Waals surface area contributed by atoms with Crippen molar-refractivity contribution in [2.45, 2.75) is 44.4 Å². The topological polar surface area (TPSA) is 113 Å². The number of halogens is 2. The molecule has 0 unspecified atom stereocenters. The van der Waals surface area contributed by atoms with E-state index in [0.29, 0.717) is 39.1 Å². The number of benzene rings is 1. The van der Waals surface area contributed by atoms with E-state index in [2.05, 4.69) is 15.0 Å². The number of nitrogens with zero attached hydrogens (tertiary/aromatic N) is 5. The van der Waals surface area contributed by atoms with E-state index in [1.807, 2.05) is 0 Å². The number of anilines is 1. The van der Waals surface area contributed by atoms with Crippen LogP contribution in [0.5, 0.6) is 5.75 Å². The highest BCUT2D eigenvalue weighted by Crippen LogP contribution is 2.46. The van der Waals surface area contributed by atoms with Crippen LogP contribution in [0.15, 0.2) is 42.9 Å². The van der Waals surface area contributed by atoms with Crippen LogP contribution >= 0.6 is 11.6 Å². The van der Waals surface area contributed by atoms with E-state index in [-0.39, 0.29) is 43.3 Å². The second-order valence-corrected chi connectivity index (χ2v) is 10.3. The first kappa shape index (κ1) is 23.8. The van der Waals surface area contributed by atoms with Gasteiger partial charge in [0.15, 0.2) is 18.2 Å². The molecule has 2 aliphatic rings. The smallest absolute Gasteiger partial charge is 0.265 e. The predicted molar refractivity (Wildman–Crippen MR) is 133 cm³/mol. The van der Waals surface area contributed by atoms with Gasteiger partial charge >= 0.3 is 0 Å². The molecule has 1 aromatic carbocycles. The van der Waals surface area contributed by atoms with Gasteiger partial charge in [0.1, 0.15) is 17.1 Å². The number of pyridine rings is 1. The Kier molecular flexibility index (Phi) is 5.27. The molecule has 0 radical (unpaired) electrons. The zero-order valence-electron chi connectivity index (χ0n) is 20.1. The van der Waals surface area contributed by atoms with E-state index >= 15 is 4.39 Å². The molecule has 4 aromatic rings. The summed E-state index contributed by atoms with van der Waals surface area (Å²) in [6, 6.07) is 6.52. The fraction of sp³-hybridized carbons (Fsp3) is 0.308. The summed E-state index contributed by atoms with van der Waals surface area (Å²) in [6.07, 6.45) is 4.76. The van der Waals surface area contributed by atoms with Gasteiger partial charge in [-0.2, -0.15) is 0 Å². The molecular formula is C26H23ClFN5O4. The molecule has 1 saturated carbocycles. The average Bonchev–Trinajstić information content (AvgIpc) is 3.13. The zero-order chi connectivity index (χ0) is 26.1. The quantitative estimate of drug-likeness (QED) is 0.420. The highest BCUT2D eigenvalue weighted by atomic mass is 35.5. The second-order valence-electron chi connectivity index (χ2n) is 9.94. The van der Waals surface area contributed by atoms with Gasteiger partial charge in [0.2, 0.25) is 0 Å². The van der Waals surface area contributed by atoms with Gasteiger partial charge in [0.25, 0.3) is 5.91 Å². The average molecular weight is 524 g/mol. The number of fused-ring (bicyclic) bond motifs is 2. The number of amides is 1. The van der Waals surface area contributed by atoms with Crippen LogP contribution in [-0.4, -0.2) is 47.7 Å². The van der Waals surface area contributed by atoms with Gasteiger partial charge in [-0.05, 0) is 26.0 Å². The minimum Gasteiger partial charge on any atom is -0.480 e. The fourth-order valence-electron chi connectivity index (χ4n) is 5.23. The summed E-state index contributed by atoms with van der Waals surface area (Å²) >= 11 is 6.27. The van der Waals surface area contributed by atoms with Crippen molar-refractivity contribution >= 4 is 28.8 Å². The molecule has 1 amide bonds. The second kappa shape index (κ2) is 8.20. The van der Waals surface area contributed by atoms with Crippen LogP contribution in [-0.2, 0) is 16.9 Å². The summed E-state index contributed by atoms with van der Waals surface area (Å²) in [6.45, 7) is 3.48. The Morgan fingerprint density at radius 2 is 1.95 bits per heavy atom. The van der Waals surface area contributed by atoms with E-state index in [1.54, 1.807) is 47.5 Å². The molecule has 1 aliphatic heterocycles. The number of para-hydroxylation sites is 1. The third-order valence-electron chi connectivity index (χ3n) is 6.92. The lowest BCUT2D eigenvalue weighted by Gasteiger charge is -2.46. The number of carbonyl (C=O) groups excluding carboxylic acids is 1. The van der Waals surface area contributed by atoms with Crippen LogP contribution in [0.3, 0.4) is 0 Å². The lowest BCUT2D eigenvalue weighted by atomic mass is 9.68. The van der Waals surface area contributed by atoms with Crippen LogP contribution in [0.25, 0.3) is 16.8 Å². The van der Waals surface area contributed by atoms with E-state index in [4.69, 9.17) is 16.3 Å². The number of hydrogen-bond donors (Lipinski definition) is 2. The molecule has 0 bridgehead atoms. The molecule has 37 heavy (non-hydrogen) atoms. The number of aromatic nitrogens is 4. The van der Waals surface area contributed by atoms with E-state index in [1.165, 1.54) is 18.5 Å². The van der Waals surface area contributed by atoms with Crippen LogP contribution in [0, 0.1) is 12.7 Å². The van der Waals surface area contributed by atoms with Crippen molar-refractivity contribution in [2.75, 3.05) is 11.5 Å². The van der Waals surface area contributed by atoms with Crippen molar-refractivity contribution < 1.29 is 24.1 Å². The van der Waals surface area contributed by atoms with Gasteiger partial charge in [0, 0.05) is 48.6 Å². The van der Waals surface area contributed by atoms with Gasteiger partial charge in [-0.25, -0.2) is 19.3 Å². The number of aliphatic hydroxyl groups is 2. The van der Waals surface area contributed by atoms with E-state index in [0.717, 1.165) is 0 Å². The van der Waals surface area contributed by atoms with Gasteiger partial charge in [0.05, 0.1) is 34.2 Å². The number of aryl methyl sites for hydroxylation is 1. The highest BCUT2D eigenvalue weighted by Gasteiger charge is 2.53. The molecular weight excluding hydrogens is 501 g/mol. The molecule has 1 aliphatic carbocycles. The van der Waals surface area contributed by atoms with Crippen LogP contribution in [0.4, 0.5) is 10.1 Å². The summed E-state index contributed by atoms with van der Waals surface area (Å²) in [5.41, 5.74) is 0.671. The normalized spacial score (nSPS) is 23.1. The minimum absolute atomic E-state index is 0.131. The number of imidazole rings is 1. The lowest BCUT2D eigenvalue weighted by molar-refractivity contribution is -0.180. The molecule has 0 saturated heterocycles. The molecule has 3 aromatic heterocycles. The monoisotopic (exact) mass is 523 g/mol. The number of rotatable bonds is 4. The number of ether oxygens (including phenoxy) is 1. The van der Waals surface area contributed by atoms with Crippen molar-refractivity contribution in [3.8, 4) is 16.9 Å². The van der Waals surface area contributed by atoms with E-state index < -0.39 is 17.0 Å². The molecule has 9 nitrogen and oxygen atoms in total. The van der Waals surface area contributed by atoms with Gasteiger partial charge in [-0.3, -0.25) is 9.69 Å². The van der Waals surface area contributed by atoms with Gasteiger partial charge in [-0.1, -0.05) is 17.7 Å². The molecule has 4 heterocycles. The summed E-state index contributed by atoms with van der Waals surface area (Å²) < 4.78 is 22.4. The Hall–Kier alpha value is -3.60. The molecule has 11 heteroatoms. The molecule has 0 spiro atoms. The van der Waals surface area contributed by atoms with Crippen molar-refractivity contribution in [1.82, 2.24) is 19.4 Å². The molecule has 0 atom stereocenters. The van der Waals surface area contributed by atoms with Crippen molar-refractivity contribution in [1.29, 1.82) is 0 Å². The number of carbonyl (C=O) groups is 1. The minimum atomic E-state index is -1.30. The van der Waals surface area contributed by atoms with Crippen molar-refractivity contribution in [2.24, 2.45) is 0 Å². The molecule has 190 valence electrons. The summed E-state index contributed by atoms with van der Waals surface area (Å²) in [7, 11) is 0. The van der Waals surface area contributed by atoms with Crippen LogP contribution in [0.2, 0.25) is 5.02 Å². The van der Waals surface area contributed by atoms with Crippen LogP contribution < -0.4 is 9.64 Å². The first-order chi connectivity index (χ1) is 17.5. The molecule has 6 rings (SSSR count). The third-order valence-corrected chi connectivity index (χ3v) is 7.22. The Labute approximate surface area is 216 Å². The SMILES string of the molecule is Cc1nc2cc(F)c(-c3cnc([C@]4(O)C[C@@](C)(O)C4)nc3)cn2c1CN1C(=O)COc2c(Cl)cccc21. The maximum atomic E-state index is 15.1. The largest absolute Gasteiger partial charge is 0.480 e. The molecule has 1 fully saturated rings. The molecule has 2 N–H and O–H groups in total. The Bertz CT molecular complexity index is 1560. The first-order valence-corrected chi connectivity index (χ1v) is 12.1. The zero-order valence-corrected chi connectivity index (χ0v) is 20.8. The third kappa shape index (κ3) is 3.92. The van der Waals surface area contributed by atoms with Crippen molar-refractivity contribution in [3.05, 3.63) is 70.9 Å². The highest BCUT2D eigenvalue weighted by molar-refractivity contribution is 6.32. The maximum absolute atomic E-state index is 15.1. The first-order valence-electron chi connectivity index (χ1n) is 11.7. The number of hydrogen-bond acceptors (Lipinski definition) is 7. The summed E-state index contributed by atoms with van der Waals surface area (Å²) in [5, 5.41) is 21.1. The van der Waals surface area contributed by atoms with Crippen molar-refractivity contribution in [3.63, 3.8) is 0 Å².